The van der Waals surface area contributed by atoms with E-state index in [9.17, 15) is 13.6 Å². The van der Waals surface area contributed by atoms with Gasteiger partial charge >= 0.3 is 0 Å². The zero-order valence-electron chi connectivity index (χ0n) is 12.6. The zero-order chi connectivity index (χ0) is 16.9. The molecule has 1 N–H and O–H groups in total. The van der Waals surface area contributed by atoms with Crippen molar-refractivity contribution in [3.05, 3.63) is 70.7 Å². The second-order valence-corrected chi connectivity index (χ2v) is 6.16. The third-order valence-corrected chi connectivity index (χ3v) is 4.43. The van der Waals surface area contributed by atoms with Crippen molar-refractivity contribution >= 4 is 33.5 Å². The topological polar surface area (TPSA) is 42.0 Å². The predicted molar refractivity (Wildman–Crippen MR) is 91.7 cm³/mol. The molecule has 0 saturated heterocycles. The molecule has 0 unspecified atom stereocenters. The SMILES string of the molecule is O=C(/C=C/c1nc2ccccc2s1)NCCc1c(F)cccc1F. The first-order chi connectivity index (χ1) is 11.6. The number of thiazole rings is 1. The van der Waals surface area contributed by atoms with Gasteiger partial charge in [-0.05, 0) is 36.8 Å². The molecule has 0 saturated carbocycles. The third-order valence-electron chi connectivity index (χ3n) is 3.42. The molecular weight excluding hydrogens is 330 g/mol. The van der Waals surface area contributed by atoms with Crippen LogP contribution in [0.15, 0.2) is 48.5 Å². The molecule has 24 heavy (non-hydrogen) atoms. The van der Waals surface area contributed by atoms with Crippen molar-refractivity contribution in [1.29, 1.82) is 0 Å². The molecule has 2 aromatic carbocycles. The largest absolute Gasteiger partial charge is 0.352 e. The van der Waals surface area contributed by atoms with Gasteiger partial charge in [0, 0.05) is 18.2 Å². The maximum Gasteiger partial charge on any atom is 0.244 e. The van der Waals surface area contributed by atoms with E-state index in [0.717, 1.165) is 15.2 Å². The van der Waals surface area contributed by atoms with E-state index in [1.807, 2.05) is 24.3 Å². The van der Waals surface area contributed by atoms with Crippen molar-refractivity contribution in [1.82, 2.24) is 10.3 Å². The number of benzene rings is 2. The molecule has 0 radical (unpaired) electrons. The second-order valence-electron chi connectivity index (χ2n) is 5.09. The first kappa shape index (κ1) is 16.3. The first-order valence-corrected chi connectivity index (χ1v) is 8.19. The molecule has 0 aliphatic heterocycles. The molecule has 0 atom stereocenters. The van der Waals surface area contributed by atoms with Crippen LogP contribution in [-0.4, -0.2) is 17.4 Å². The summed E-state index contributed by atoms with van der Waals surface area (Å²) in [6.07, 6.45) is 3.10. The van der Waals surface area contributed by atoms with E-state index in [0.29, 0.717) is 0 Å². The van der Waals surface area contributed by atoms with Crippen LogP contribution in [0, 0.1) is 11.6 Å². The summed E-state index contributed by atoms with van der Waals surface area (Å²) in [4.78, 5) is 16.2. The van der Waals surface area contributed by atoms with E-state index in [4.69, 9.17) is 0 Å². The fraction of sp³-hybridized carbons (Fsp3) is 0.111. The van der Waals surface area contributed by atoms with Gasteiger partial charge in [0.05, 0.1) is 10.2 Å². The van der Waals surface area contributed by atoms with Gasteiger partial charge in [0.2, 0.25) is 5.91 Å². The Hall–Kier alpha value is -2.60. The van der Waals surface area contributed by atoms with Gasteiger partial charge in [-0.1, -0.05) is 18.2 Å². The number of hydrogen-bond donors (Lipinski definition) is 1. The van der Waals surface area contributed by atoms with Crippen LogP contribution in [0.1, 0.15) is 10.6 Å². The number of rotatable bonds is 5. The number of fused-ring (bicyclic) bond motifs is 1. The number of amides is 1. The maximum atomic E-state index is 13.5. The summed E-state index contributed by atoms with van der Waals surface area (Å²) in [6, 6.07) is 11.4. The van der Waals surface area contributed by atoms with Gasteiger partial charge in [-0.2, -0.15) is 0 Å². The van der Waals surface area contributed by atoms with Crippen molar-refractivity contribution < 1.29 is 13.6 Å². The number of aromatic nitrogens is 1. The van der Waals surface area contributed by atoms with Crippen LogP contribution in [0.3, 0.4) is 0 Å². The molecule has 1 amide bonds. The minimum absolute atomic E-state index is 0.0204. The van der Waals surface area contributed by atoms with Crippen LogP contribution in [0.2, 0.25) is 0 Å². The molecule has 3 nitrogen and oxygen atoms in total. The van der Waals surface area contributed by atoms with Crippen LogP contribution in [0.4, 0.5) is 8.78 Å². The Bertz CT molecular complexity index is 852. The molecule has 0 fully saturated rings. The number of para-hydroxylation sites is 1. The molecule has 0 spiro atoms. The van der Waals surface area contributed by atoms with Crippen molar-refractivity contribution in [3.63, 3.8) is 0 Å². The molecule has 6 heteroatoms. The number of halogens is 2. The van der Waals surface area contributed by atoms with E-state index in [-0.39, 0.29) is 24.4 Å². The Morgan fingerprint density at radius 2 is 1.88 bits per heavy atom. The van der Waals surface area contributed by atoms with Gasteiger partial charge in [0.15, 0.2) is 0 Å². The van der Waals surface area contributed by atoms with Crippen LogP contribution >= 0.6 is 11.3 Å². The highest BCUT2D eigenvalue weighted by Gasteiger charge is 2.08. The van der Waals surface area contributed by atoms with Gasteiger partial charge in [0.25, 0.3) is 0 Å². The standard InChI is InChI=1S/C18H14F2N2OS/c19-13-4-3-5-14(20)12(13)10-11-21-17(23)8-9-18-22-15-6-1-2-7-16(15)24-18/h1-9H,10-11H2,(H,21,23)/b9-8+. The summed E-state index contributed by atoms with van der Waals surface area (Å²) in [7, 11) is 0. The number of hydrogen-bond acceptors (Lipinski definition) is 3. The Kier molecular flexibility index (Phi) is 4.96. The summed E-state index contributed by atoms with van der Waals surface area (Å²) in [5.74, 6) is -1.53. The highest BCUT2D eigenvalue weighted by Crippen LogP contribution is 2.22. The lowest BCUT2D eigenvalue weighted by Gasteiger charge is -2.05. The molecule has 122 valence electrons. The fourth-order valence-corrected chi connectivity index (χ4v) is 3.12. The van der Waals surface area contributed by atoms with Crippen molar-refractivity contribution in [3.8, 4) is 0 Å². The summed E-state index contributed by atoms with van der Waals surface area (Å²) >= 11 is 1.49. The third kappa shape index (κ3) is 3.83. The minimum Gasteiger partial charge on any atom is -0.352 e. The van der Waals surface area contributed by atoms with Crippen LogP contribution < -0.4 is 5.32 Å². The quantitative estimate of drug-likeness (QED) is 0.712. The lowest BCUT2D eigenvalue weighted by atomic mass is 10.1. The Labute approximate surface area is 141 Å². The monoisotopic (exact) mass is 344 g/mol. The van der Waals surface area contributed by atoms with E-state index in [1.165, 1.54) is 35.6 Å². The fourth-order valence-electron chi connectivity index (χ4n) is 2.25. The minimum atomic E-state index is -0.603. The van der Waals surface area contributed by atoms with Crippen LogP contribution in [0.25, 0.3) is 16.3 Å². The lowest BCUT2D eigenvalue weighted by molar-refractivity contribution is -0.116. The average Bonchev–Trinajstić information content (AvgIpc) is 2.98. The summed E-state index contributed by atoms with van der Waals surface area (Å²) < 4.78 is 28.0. The summed E-state index contributed by atoms with van der Waals surface area (Å²) in [6.45, 7) is 0.154. The van der Waals surface area contributed by atoms with Crippen molar-refractivity contribution in [2.45, 2.75) is 6.42 Å². The molecule has 3 rings (SSSR count). The van der Waals surface area contributed by atoms with Gasteiger partial charge in [-0.25, -0.2) is 13.8 Å². The van der Waals surface area contributed by atoms with Crippen LogP contribution in [0.5, 0.6) is 0 Å². The second kappa shape index (κ2) is 7.31. The Morgan fingerprint density at radius 3 is 2.62 bits per heavy atom. The van der Waals surface area contributed by atoms with Crippen molar-refractivity contribution in [2.75, 3.05) is 6.54 Å². The molecule has 0 bridgehead atoms. The molecule has 1 heterocycles. The van der Waals surface area contributed by atoms with Gasteiger partial charge in [0.1, 0.15) is 16.6 Å². The van der Waals surface area contributed by atoms with Gasteiger partial charge in [-0.3, -0.25) is 4.79 Å². The normalized spacial score (nSPS) is 11.2. The van der Waals surface area contributed by atoms with Gasteiger partial charge in [-0.15, -0.1) is 11.3 Å². The highest BCUT2D eigenvalue weighted by atomic mass is 32.1. The van der Waals surface area contributed by atoms with Crippen LogP contribution in [-0.2, 0) is 11.2 Å². The van der Waals surface area contributed by atoms with Crippen molar-refractivity contribution in [2.24, 2.45) is 0 Å². The number of carbonyl (C=O) groups excluding carboxylic acids is 1. The highest BCUT2D eigenvalue weighted by molar-refractivity contribution is 7.19. The van der Waals surface area contributed by atoms with E-state index >= 15 is 0 Å². The first-order valence-electron chi connectivity index (χ1n) is 7.38. The summed E-state index contributed by atoms with van der Waals surface area (Å²) in [5, 5.41) is 3.34. The summed E-state index contributed by atoms with van der Waals surface area (Å²) in [5.41, 5.74) is 0.866. The molecule has 0 aliphatic carbocycles. The average molecular weight is 344 g/mol. The predicted octanol–water partition coefficient (Wildman–Crippen LogP) is 3.95. The number of nitrogens with zero attached hydrogens (tertiary/aromatic N) is 1. The maximum absolute atomic E-state index is 13.5. The van der Waals surface area contributed by atoms with Gasteiger partial charge < -0.3 is 5.32 Å². The molecule has 3 aromatic rings. The van der Waals surface area contributed by atoms with E-state index in [1.54, 1.807) is 6.08 Å². The Morgan fingerprint density at radius 1 is 1.12 bits per heavy atom. The van der Waals surface area contributed by atoms with E-state index in [2.05, 4.69) is 10.3 Å². The number of nitrogens with one attached hydrogen (secondary N) is 1. The number of carbonyl (C=O) groups is 1. The lowest BCUT2D eigenvalue weighted by Crippen LogP contribution is -2.24. The smallest absolute Gasteiger partial charge is 0.244 e. The molecular formula is C18H14F2N2OS. The van der Waals surface area contributed by atoms with E-state index < -0.39 is 11.6 Å². The molecule has 0 aliphatic rings. The molecule has 1 aromatic heterocycles. The zero-order valence-corrected chi connectivity index (χ0v) is 13.4. The Balaban J connectivity index is 1.55.